The van der Waals surface area contributed by atoms with Gasteiger partial charge in [0.25, 0.3) is 5.91 Å². The van der Waals surface area contributed by atoms with Gasteiger partial charge in [0.15, 0.2) is 11.6 Å². The Balaban J connectivity index is 1.75. The maximum absolute atomic E-state index is 13.8. The number of ether oxygens (including phenoxy) is 3. The number of amides is 1. The van der Waals surface area contributed by atoms with Crippen molar-refractivity contribution in [3.05, 3.63) is 29.6 Å². The Hall–Kier alpha value is -1.66. The number of carbonyl (C=O) groups excluding carboxylic acids is 1. The van der Waals surface area contributed by atoms with Gasteiger partial charge in [0.2, 0.25) is 0 Å². The van der Waals surface area contributed by atoms with Crippen molar-refractivity contribution in [2.24, 2.45) is 0 Å². The number of benzene rings is 1. The van der Waals surface area contributed by atoms with E-state index >= 15 is 0 Å². The topological polar surface area (TPSA) is 48.0 Å². The molecule has 0 unspecified atom stereocenters. The Bertz CT molecular complexity index is 586. The van der Waals surface area contributed by atoms with Gasteiger partial charge in [-0.25, -0.2) is 4.39 Å². The maximum Gasteiger partial charge on any atom is 0.254 e. The monoisotopic (exact) mass is 323 g/mol. The van der Waals surface area contributed by atoms with E-state index < -0.39 is 5.82 Å². The minimum absolute atomic E-state index is 0.133. The minimum atomic E-state index is -0.533. The second-order valence-corrected chi connectivity index (χ2v) is 6.09. The molecule has 1 amide bonds. The van der Waals surface area contributed by atoms with Crippen LogP contribution >= 0.6 is 0 Å². The fourth-order valence-electron chi connectivity index (χ4n) is 3.57. The van der Waals surface area contributed by atoms with Gasteiger partial charge in [-0.15, -0.1) is 0 Å². The minimum Gasteiger partial charge on any atom is -0.494 e. The lowest BCUT2D eigenvalue weighted by Crippen LogP contribution is -2.57. The van der Waals surface area contributed by atoms with Gasteiger partial charge in [0, 0.05) is 32.4 Å². The smallest absolute Gasteiger partial charge is 0.254 e. The number of likely N-dealkylation sites (tertiary alicyclic amines) is 1. The van der Waals surface area contributed by atoms with Crippen molar-refractivity contribution in [1.82, 2.24) is 4.90 Å². The van der Waals surface area contributed by atoms with Gasteiger partial charge in [0.05, 0.1) is 12.7 Å². The van der Waals surface area contributed by atoms with Crippen LogP contribution in [0.5, 0.6) is 5.75 Å². The lowest BCUT2D eigenvalue weighted by Gasteiger charge is -2.44. The summed E-state index contributed by atoms with van der Waals surface area (Å²) < 4.78 is 30.2. The molecule has 2 aliphatic rings. The molecule has 2 fully saturated rings. The van der Waals surface area contributed by atoms with Crippen molar-refractivity contribution in [3.63, 3.8) is 0 Å². The van der Waals surface area contributed by atoms with Crippen LogP contribution in [0.3, 0.4) is 0 Å². The van der Waals surface area contributed by atoms with E-state index in [4.69, 9.17) is 14.2 Å². The van der Waals surface area contributed by atoms with Crippen LogP contribution in [0.1, 0.15) is 29.6 Å². The zero-order valence-corrected chi connectivity index (χ0v) is 13.5. The van der Waals surface area contributed by atoms with Crippen molar-refractivity contribution >= 4 is 5.91 Å². The standard InChI is InChI=1S/C17H22FNO4/c1-21-14-5-4-12(10-13(14)18)16(20)19-8-7-17(6-3-9-23-17)15(11-19)22-2/h4-5,10,15H,3,6-9,11H2,1-2H3/t15-,17-/m0/s1. The van der Waals surface area contributed by atoms with E-state index in [2.05, 4.69) is 0 Å². The first-order valence-corrected chi connectivity index (χ1v) is 7.89. The van der Waals surface area contributed by atoms with Gasteiger partial charge in [-0.05, 0) is 37.5 Å². The molecular formula is C17H22FNO4. The lowest BCUT2D eigenvalue weighted by atomic mass is 9.85. The summed E-state index contributed by atoms with van der Waals surface area (Å²) in [5.74, 6) is -0.594. The van der Waals surface area contributed by atoms with Crippen LogP contribution < -0.4 is 4.74 Å². The second kappa shape index (κ2) is 6.45. The summed E-state index contributed by atoms with van der Waals surface area (Å²) in [6.45, 7) is 1.80. The quantitative estimate of drug-likeness (QED) is 0.856. The first kappa shape index (κ1) is 16.2. The predicted octanol–water partition coefficient (Wildman–Crippen LogP) is 2.24. The maximum atomic E-state index is 13.8. The first-order valence-electron chi connectivity index (χ1n) is 7.89. The molecule has 1 aromatic carbocycles. The highest BCUT2D eigenvalue weighted by molar-refractivity contribution is 5.94. The molecule has 2 saturated heterocycles. The number of halogens is 1. The van der Waals surface area contributed by atoms with Crippen molar-refractivity contribution < 1.29 is 23.4 Å². The Labute approximate surface area is 135 Å². The largest absolute Gasteiger partial charge is 0.494 e. The van der Waals surface area contributed by atoms with Gasteiger partial charge in [-0.3, -0.25) is 4.79 Å². The summed E-state index contributed by atoms with van der Waals surface area (Å²) in [6.07, 6.45) is 2.59. The summed E-state index contributed by atoms with van der Waals surface area (Å²) in [5.41, 5.74) is 0.0536. The van der Waals surface area contributed by atoms with E-state index in [1.807, 2.05) is 0 Å². The number of carbonyl (C=O) groups is 1. The molecule has 3 rings (SSSR count). The molecule has 1 spiro atoms. The molecule has 5 nitrogen and oxygen atoms in total. The van der Waals surface area contributed by atoms with E-state index in [0.717, 1.165) is 25.9 Å². The zero-order chi connectivity index (χ0) is 16.4. The van der Waals surface area contributed by atoms with Crippen molar-refractivity contribution in [1.29, 1.82) is 0 Å². The molecule has 0 bridgehead atoms. The first-order chi connectivity index (χ1) is 11.1. The molecule has 0 aromatic heterocycles. The van der Waals surface area contributed by atoms with Crippen molar-refractivity contribution in [3.8, 4) is 5.75 Å². The molecular weight excluding hydrogens is 301 g/mol. The Morgan fingerprint density at radius 2 is 2.22 bits per heavy atom. The summed E-state index contributed by atoms with van der Waals surface area (Å²) in [7, 11) is 3.05. The molecule has 0 N–H and O–H groups in total. The third-order valence-electron chi connectivity index (χ3n) is 4.88. The van der Waals surface area contributed by atoms with E-state index in [1.165, 1.54) is 19.2 Å². The summed E-state index contributed by atoms with van der Waals surface area (Å²) in [6, 6.07) is 4.28. The number of nitrogens with zero attached hydrogens (tertiary/aromatic N) is 1. The highest BCUT2D eigenvalue weighted by Gasteiger charge is 2.47. The van der Waals surface area contributed by atoms with Gasteiger partial charge in [-0.2, -0.15) is 0 Å². The fraction of sp³-hybridized carbons (Fsp3) is 0.588. The highest BCUT2D eigenvalue weighted by atomic mass is 19.1. The number of hydrogen-bond donors (Lipinski definition) is 0. The lowest BCUT2D eigenvalue weighted by molar-refractivity contribution is -0.136. The van der Waals surface area contributed by atoms with Crippen LogP contribution in [0, 0.1) is 5.82 Å². The zero-order valence-electron chi connectivity index (χ0n) is 13.5. The summed E-state index contributed by atoms with van der Waals surface area (Å²) in [5, 5.41) is 0. The molecule has 0 aliphatic carbocycles. The Kier molecular flexibility index (Phi) is 4.55. The number of methoxy groups -OCH3 is 2. The molecule has 0 saturated carbocycles. The SMILES string of the molecule is COc1ccc(C(=O)N2CC[C@@]3(CCCO3)[C@@H](OC)C2)cc1F. The average molecular weight is 323 g/mol. The fourth-order valence-corrected chi connectivity index (χ4v) is 3.57. The van der Waals surface area contributed by atoms with E-state index in [-0.39, 0.29) is 23.4 Å². The second-order valence-electron chi connectivity index (χ2n) is 6.09. The third-order valence-corrected chi connectivity index (χ3v) is 4.88. The number of hydrogen-bond acceptors (Lipinski definition) is 4. The molecule has 1 aromatic rings. The molecule has 0 radical (unpaired) electrons. The van der Waals surface area contributed by atoms with Crippen LogP contribution in [0.25, 0.3) is 0 Å². The molecule has 2 atom stereocenters. The van der Waals surface area contributed by atoms with Crippen LogP contribution in [0.4, 0.5) is 4.39 Å². The average Bonchev–Trinajstić information content (AvgIpc) is 3.03. The van der Waals surface area contributed by atoms with Crippen LogP contribution in [-0.4, -0.2) is 56.4 Å². The van der Waals surface area contributed by atoms with Crippen molar-refractivity contribution in [2.75, 3.05) is 33.9 Å². The van der Waals surface area contributed by atoms with Crippen LogP contribution in [-0.2, 0) is 9.47 Å². The number of piperidine rings is 1. The van der Waals surface area contributed by atoms with Crippen LogP contribution in [0.15, 0.2) is 18.2 Å². The van der Waals surface area contributed by atoms with Crippen LogP contribution in [0.2, 0.25) is 0 Å². The van der Waals surface area contributed by atoms with E-state index in [9.17, 15) is 9.18 Å². The predicted molar refractivity (Wildman–Crippen MR) is 82.2 cm³/mol. The molecule has 126 valence electrons. The number of rotatable bonds is 3. The normalized spacial score (nSPS) is 27.4. The third kappa shape index (κ3) is 2.93. The highest BCUT2D eigenvalue weighted by Crippen LogP contribution is 2.37. The van der Waals surface area contributed by atoms with Gasteiger partial charge in [-0.1, -0.05) is 0 Å². The summed E-state index contributed by atoms with van der Waals surface area (Å²) in [4.78, 5) is 14.3. The van der Waals surface area contributed by atoms with Crippen molar-refractivity contribution in [2.45, 2.75) is 31.0 Å². The van der Waals surface area contributed by atoms with Gasteiger partial charge < -0.3 is 19.1 Å². The molecule has 2 aliphatic heterocycles. The molecule has 6 heteroatoms. The Morgan fingerprint density at radius 3 is 2.83 bits per heavy atom. The molecule has 23 heavy (non-hydrogen) atoms. The Morgan fingerprint density at radius 1 is 1.39 bits per heavy atom. The van der Waals surface area contributed by atoms with E-state index in [1.54, 1.807) is 18.1 Å². The van der Waals surface area contributed by atoms with Gasteiger partial charge in [0.1, 0.15) is 6.10 Å². The molecule has 2 heterocycles. The van der Waals surface area contributed by atoms with Gasteiger partial charge >= 0.3 is 0 Å². The summed E-state index contributed by atoms with van der Waals surface area (Å²) >= 11 is 0. The van der Waals surface area contributed by atoms with E-state index in [0.29, 0.717) is 18.7 Å².